The second-order valence-electron chi connectivity index (χ2n) is 4.07. The fourth-order valence-corrected chi connectivity index (χ4v) is 2.21. The molecule has 5 nitrogen and oxygen atoms in total. The van der Waals surface area contributed by atoms with Crippen molar-refractivity contribution in [1.29, 1.82) is 0 Å². The number of nitrogens with one attached hydrogen (secondary N) is 1. The van der Waals surface area contributed by atoms with Crippen molar-refractivity contribution >= 4 is 27.1 Å². The minimum Gasteiger partial charge on any atom is -0.379 e. The van der Waals surface area contributed by atoms with E-state index in [-0.39, 0.29) is 0 Å². The van der Waals surface area contributed by atoms with E-state index in [9.17, 15) is 0 Å². The second-order valence-corrected chi connectivity index (χ2v) is 4.98. The van der Waals surface area contributed by atoms with Gasteiger partial charge in [0.15, 0.2) is 5.65 Å². The Balaban J connectivity index is 2.11. The zero-order chi connectivity index (χ0) is 11.2. The Morgan fingerprint density at radius 1 is 1.56 bits per heavy atom. The summed E-state index contributed by atoms with van der Waals surface area (Å²) in [5.41, 5.74) is 7.31. The molecule has 0 aromatic carbocycles. The maximum Gasteiger partial charge on any atom is 0.177 e. The summed E-state index contributed by atoms with van der Waals surface area (Å²) in [6, 6.07) is 1.94. The topological polar surface area (TPSA) is 76.8 Å². The van der Waals surface area contributed by atoms with Crippen LogP contribution < -0.4 is 5.73 Å². The van der Waals surface area contributed by atoms with Crippen molar-refractivity contribution in [2.45, 2.75) is 12.0 Å². The standard InChI is InChI=1S/C10H11BrN4O/c11-6-3-7-8(13-4-6)15-9(14-7)10(12)1-2-16-5-10/h3-4H,1-2,5,12H2,(H,13,14,15). The van der Waals surface area contributed by atoms with Gasteiger partial charge in [-0.05, 0) is 28.4 Å². The number of rotatable bonds is 1. The van der Waals surface area contributed by atoms with Crippen LogP contribution >= 0.6 is 15.9 Å². The average Bonchev–Trinajstić information content (AvgIpc) is 2.84. The molecule has 3 N–H and O–H groups in total. The van der Waals surface area contributed by atoms with E-state index in [0.717, 1.165) is 22.2 Å². The Morgan fingerprint density at radius 3 is 3.19 bits per heavy atom. The molecule has 3 rings (SSSR count). The largest absolute Gasteiger partial charge is 0.379 e. The van der Waals surface area contributed by atoms with Crippen molar-refractivity contribution in [2.24, 2.45) is 5.73 Å². The first-order valence-corrected chi connectivity index (χ1v) is 5.85. The number of nitrogens with two attached hydrogens (primary N) is 1. The minimum absolute atomic E-state index is 0.493. The van der Waals surface area contributed by atoms with Gasteiger partial charge in [0.2, 0.25) is 0 Å². The molecule has 1 atom stereocenters. The van der Waals surface area contributed by atoms with Gasteiger partial charge in [0, 0.05) is 17.3 Å². The number of aromatic amines is 1. The normalized spacial score (nSPS) is 25.4. The highest BCUT2D eigenvalue weighted by molar-refractivity contribution is 9.10. The lowest BCUT2D eigenvalue weighted by molar-refractivity contribution is 0.176. The summed E-state index contributed by atoms with van der Waals surface area (Å²) < 4.78 is 6.24. The van der Waals surface area contributed by atoms with Crippen LogP contribution in [-0.4, -0.2) is 28.2 Å². The number of imidazole rings is 1. The van der Waals surface area contributed by atoms with Crippen LogP contribution in [0.2, 0.25) is 0 Å². The van der Waals surface area contributed by atoms with Crippen LogP contribution in [0.3, 0.4) is 0 Å². The van der Waals surface area contributed by atoms with E-state index in [2.05, 4.69) is 30.9 Å². The second kappa shape index (κ2) is 3.51. The molecular formula is C10H11BrN4O. The van der Waals surface area contributed by atoms with Crippen LogP contribution in [0.15, 0.2) is 16.7 Å². The Kier molecular flexibility index (Phi) is 2.24. The summed E-state index contributed by atoms with van der Waals surface area (Å²) in [6.45, 7) is 1.19. The molecule has 0 bridgehead atoms. The fraction of sp³-hybridized carbons (Fsp3) is 0.400. The van der Waals surface area contributed by atoms with Gasteiger partial charge in [-0.1, -0.05) is 0 Å². The van der Waals surface area contributed by atoms with Crippen molar-refractivity contribution < 1.29 is 4.74 Å². The Bertz CT molecular complexity index is 533. The Hall–Kier alpha value is -0.980. The lowest BCUT2D eigenvalue weighted by Crippen LogP contribution is -2.38. The number of nitrogens with zero attached hydrogens (tertiary/aromatic N) is 2. The smallest absolute Gasteiger partial charge is 0.177 e. The maximum absolute atomic E-state index is 6.22. The Morgan fingerprint density at radius 2 is 2.44 bits per heavy atom. The van der Waals surface area contributed by atoms with Gasteiger partial charge in [0.25, 0.3) is 0 Å². The molecule has 0 radical (unpaired) electrons. The van der Waals surface area contributed by atoms with Crippen LogP contribution in [0, 0.1) is 0 Å². The van der Waals surface area contributed by atoms with Crippen LogP contribution in [0.25, 0.3) is 11.2 Å². The highest BCUT2D eigenvalue weighted by Crippen LogP contribution is 2.27. The number of aromatic nitrogens is 3. The number of fused-ring (bicyclic) bond motifs is 1. The number of H-pyrrole nitrogens is 1. The zero-order valence-electron chi connectivity index (χ0n) is 8.53. The van der Waals surface area contributed by atoms with Gasteiger partial charge in [0.1, 0.15) is 11.4 Å². The zero-order valence-corrected chi connectivity index (χ0v) is 10.1. The third-order valence-corrected chi connectivity index (χ3v) is 3.26. The van der Waals surface area contributed by atoms with E-state index in [4.69, 9.17) is 10.5 Å². The number of ether oxygens (including phenoxy) is 1. The molecule has 0 saturated carbocycles. The lowest BCUT2D eigenvalue weighted by atomic mass is 10.00. The molecule has 2 aromatic heterocycles. The van der Waals surface area contributed by atoms with E-state index < -0.39 is 5.54 Å². The highest BCUT2D eigenvalue weighted by atomic mass is 79.9. The monoisotopic (exact) mass is 282 g/mol. The van der Waals surface area contributed by atoms with E-state index >= 15 is 0 Å². The first kappa shape index (κ1) is 10.2. The van der Waals surface area contributed by atoms with Crippen LogP contribution in [0.1, 0.15) is 12.2 Å². The number of hydrogen-bond donors (Lipinski definition) is 2. The van der Waals surface area contributed by atoms with Gasteiger partial charge >= 0.3 is 0 Å². The molecule has 0 amide bonds. The lowest BCUT2D eigenvalue weighted by Gasteiger charge is -2.17. The summed E-state index contributed by atoms with van der Waals surface area (Å²) in [7, 11) is 0. The van der Waals surface area contributed by atoms with Crippen molar-refractivity contribution in [1.82, 2.24) is 15.0 Å². The van der Waals surface area contributed by atoms with Gasteiger partial charge < -0.3 is 15.5 Å². The Labute approximate surface area is 101 Å². The molecule has 3 heterocycles. The summed E-state index contributed by atoms with van der Waals surface area (Å²) in [5.74, 6) is 0.755. The first-order valence-electron chi connectivity index (χ1n) is 5.06. The predicted octanol–water partition coefficient (Wildman–Crippen LogP) is 1.29. The third-order valence-electron chi connectivity index (χ3n) is 2.83. The summed E-state index contributed by atoms with van der Waals surface area (Å²) in [5, 5.41) is 0. The van der Waals surface area contributed by atoms with Crippen LogP contribution in [-0.2, 0) is 10.3 Å². The van der Waals surface area contributed by atoms with Crippen LogP contribution in [0.4, 0.5) is 0 Å². The molecule has 1 unspecified atom stereocenters. The SMILES string of the molecule is NC1(c2nc3ncc(Br)cc3[nH]2)CCOC1. The van der Waals surface area contributed by atoms with Gasteiger partial charge in [-0.2, -0.15) is 0 Å². The molecule has 1 saturated heterocycles. The van der Waals surface area contributed by atoms with Gasteiger partial charge in [-0.3, -0.25) is 0 Å². The predicted molar refractivity (Wildman–Crippen MR) is 62.9 cm³/mol. The molecule has 0 aliphatic carbocycles. The average molecular weight is 283 g/mol. The molecule has 1 fully saturated rings. The molecular weight excluding hydrogens is 272 g/mol. The summed E-state index contributed by atoms with van der Waals surface area (Å²) in [6.07, 6.45) is 2.51. The van der Waals surface area contributed by atoms with E-state index in [1.165, 1.54) is 0 Å². The molecule has 84 valence electrons. The quantitative estimate of drug-likeness (QED) is 0.827. The molecule has 2 aromatic rings. The van der Waals surface area contributed by atoms with Crippen molar-refractivity contribution in [3.8, 4) is 0 Å². The minimum atomic E-state index is -0.493. The number of halogens is 1. The summed E-state index contributed by atoms with van der Waals surface area (Å²) >= 11 is 3.37. The van der Waals surface area contributed by atoms with E-state index in [0.29, 0.717) is 18.9 Å². The van der Waals surface area contributed by atoms with Gasteiger partial charge in [0.05, 0.1) is 12.1 Å². The molecule has 6 heteroatoms. The van der Waals surface area contributed by atoms with Crippen molar-refractivity contribution in [2.75, 3.05) is 13.2 Å². The van der Waals surface area contributed by atoms with E-state index in [1.807, 2.05) is 6.07 Å². The fourth-order valence-electron chi connectivity index (χ4n) is 1.88. The maximum atomic E-state index is 6.22. The molecule has 0 spiro atoms. The number of hydrogen-bond acceptors (Lipinski definition) is 4. The highest BCUT2D eigenvalue weighted by Gasteiger charge is 2.35. The number of pyridine rings is 1. The van der Waals surface area contributed by atoms with E-state index in [1.54, 1.807) is 6.20 Å². The first-order chi connectivity index (χ1) is 7.67. The molecule has 16 heavy (non-hydrogen) atoms. The molecule has 1 aliphatic heterocycles. The molecule has 1 aliphatic rings. The summed E-state index contributed by atoms with van der Waals surface area (Å²) in [4.78, 5) is 11.8. The third kappa shape index (κ3) is 1.53. The van der Waals surface area contributed by atoms with Crippen molar-refractivity contribution in [3.05, 3.63) is 22.6 Å². The van der Waals surface area contributed by atoms with Gasteiger partial charge in [-0.25, -0.2) is 9.97 Å². The van der Waals surface area contributed by atoms with Crippen molar-refractivity contribution in [3.63, 3.8) is 0 Å². The van der Waals surface area contributed by atoms with Crippen LogP contribution in [0.5, 0.6) is 0 Å². The van der Waals surface area contributed by atoms with Gasteiger partial charge in [-0.15, -0.1) is 0 Å².